The molecule has 2 rings (SSSR count). The number of nitrogens with two attached hydrogens (primary N) is 1. The third kappa shape index (κ3) is 3.03. The molecule has 5 heteroatoms. The van der Waals surface area contributed by atoms with Crippen molar-refractivity contribution in [2.75, 3.05) is 43.4 Å². The van der Waals surface area contributed by atoms with Crippen molar-refractivity contribution >= 4 is 11.6 Å². The van der Waals surface area contributed by atoms with E-state index in [0.29, 0.717) is 5.82 Å². The van der Waals surface area contributed by atoms with E-state index in [9.17, 15) is 0 Å². The molecule has 1 aliphatic heterocycles. The molecule has 5 nitrogen and oxygen atoms in total. The van der Waals surface area contributed by atoms with Gasteiger partial charge >= 0.3 is 0 Å². The van der Waals surface area contributed by atoms with Gasteiger partial charge in [-0.05, 0) is 13.5 Å². The van der Waals surface area contributed by atoms with Crippen molar-refractivity contribution in [2.24, 2.45) is 0 Å². The van der Waals surface area contributed by atoms with Crippen LogP contribution in [0.5, 0.6) is 0 Å². The maximum absolute atomic E-state index is 6.09. The van der Waals surface area contributed by atoms with Crippen LogP contribution in [0.25, 0.3) is 0 Å². The van der Waals surface area contributed by atoms with Gasteiger partial charge in [0.1, 0.15) is 17.5 Å². The van der Waals surface area contributed by atoms with Crippen LogP contribution in [0.3, 0.4) is 0 Å². The highest BCUT2D eigenvalue weighted by atomic mass is 15.3. The molecule has 1 aliphatic rings. The zero-order valence-corrected chi connectivity index (χ0v) is 13.4. The van der Waals surface area contributed by atoms with Crippen LogP contribution in [0.15, 0.2) is 0 Å². The van der Waals surface area contributed by atoms with Gasteiger partial charge in [-0.2, -0.15) is 0 Å². The van der Waals surface area contributed by atoms with Gasteiger partial charge in [-0.1, -0.05) is 27.7 Å². The predicted octanol–water partition coefficient (Wildman–Crippen LogP) is 1.81. The Morgan fingerprint density at radius 1 is 1.10 bits per heavy atom. The lowest BCUT2D eigenvalue weighted by molar-refractivity contribution is 0.270. The van der Waals surface area contributed by atoms with E-state index in [1.54, 1.807) is 0 Å². The fourth-order valence-electron chi connectivity index (χ4n) is 2.44. The Morgan fingerprint density at radius 3 is 2.20 bits per heavy atom. The molecule has 20 heavy (non-hydrogen) atoms. The second kappa shape index (κ2) is 5.56. The maximum Gasteiger partial charge on any atom is 0.138 e. The first-order valence-corrected chi connectivity index (χ1v) is 7.44. The van der Waals surface area contributed by atoms with Crippen LogP contribution in [0.4, 0.5) is 11.6 Å². The Morgan fingerprint density at radius 2 is 1.70 bits per heavy atom. The van der Waals surface area contributed by atoms with Gasteiger partial charge in [-0.15, -0.1) is 0 Å². The molecule has 0 unspecified atom stereocenters. The van der Waals surface area contributed by atoms with E-state index in [1.807, 2.05) is 6.92 Å². The predicted molar refractivity (Wildman–Crippen MR) is 84.2 cm³/mol. The summed E-state index contributed by atoms with van der Waals surface area (Å²) in [5.41, 5.74) is 7.01. The molecule has 0 amide bonds. The molecule has 112 valence electrons. The zero-order valence-electron chi connectivity index (χ0n) is 13.4. The molecule has 2 N–H and O–H groups in total. The lowest BCUT2D eigenvalue weighted by atomic mass is 9.95. The van der Waals surface area contributed by atoms with E-state index >= 15 is 0 Å². The molecule has 0 saturated carbocycles. The number of anilines is 2. The normalized spacial score (nSPS) is 17.6. The van der Waals surface area contributed by atoms with Crippen molar-refractivity contribution < 1.29 is 0 Å². The molecule has 1 aromatic rings. The summed E-state index contributed by atoms with van der Waals surface area (Å²) in [4.78, 5) is 14.1. The monoisotopic (exact) mass is 277 g/mol. The summed E-state index contributed by atoms with van der Waals surface area (Å²) in [5, 5.41) is 0. The Hall–Kier alpha value is -1.36. The molecule has 0 spiro atoms. The molecule has 1 saturated heterocycles. The van der Waals surface area contributed by atoms with Crippen molar-refractivity contribution in [3.8, 4) is 0 Å². The summed E-state index contributed by atoms with van der Waals surface area (Å²) in [7, 11) is 0. The molecular formula is C15H27N5. The van der Waals surface area contributed by atoms with Crippen molar-refractivity contribution in [3.63, 3.8) is 0 Å². The quantitative estimate of drug-likeness (QED) is 0.893. The van der Waals surface area contributed by atoms with Crippen LogP contribution in [0, 0.1) is 6.92 Å². The van der Waals surface area contributed by atoms with E-state index in [4.69, 9.17) is 10.7 Å². The van der Waals surface area contributed by atoms with Gasteiger partial charge in [0.2, 0.25) is 0 Å². The molecule has 1 aromatic heterocycles. The molecule has 0 bridgehead atoms. The summed E-state index contributed by atoms with van der Waals surface area (Å²) in [6.07, 6.45) is 0. The summed E-state index contributed by atoms with van der Waals surface area (Å²) in [6.45, 7) is 15.9. The third-order valence-corrected chi connectivity index (χ3v) is 3.95. The summed E-state index contributed by atoms with van der Waals surface area (Å²) >= 11 is 0. The zero-order chi connectivity index (χ0) is 14.9. The third-order valence-electron chi connectivity index (χ3n) is 3.95. The molecule has 0 aliphatic carbocycles. The smallest absolute Gasteiger partial charge is 0.138 e. The molecular weight excluding hydrogens is 250 g/mol. The van der Waals surface area contributed by atoms with E-state index in [-0.39, 0.29) is 5.41 Å². The fraction of sp³-hybridized carbons (Fsp3) is 0.733. The number of likely N-dealkylation sites (N-methyl/N-ethyl adjacent to an activating group) is 1. The van der Waals surface area contributed by atoms with Crippen LogP contribution in [-0.2, 0) is 5.41 Å². The van der Waals surface area contributed by atoms with E-state index < -0.39 is 0 Å². The van der Waals surface area contributed by atoms with Gasteiger partial charge in [0, 0.05) is 37.2 Å². The summed E-state index contributed by atoms with van der Waals surface area (Å²) < 4.78 is 0. The Balaban J connectivity index is 2.29. The van der Waals surface area contributed by atoms with Gasteiger partial charge in [0.15, 0.2) is 0 Å². The minimum atomic E-state index is -0.0815. The maximum atomic E-state index is 6.09. The SMILES string of the molecule is CCN1CCN(c2nc(C(C)(C)C)nc(N)c2C)CC1. The molecule has 1 fully saturated rings. The van der Waals surface area contributed by atoms with Gasteiger partial charge in [-0.3, -0.25) is 0 Å². The van der Waals surface area contributed by atoms with E-state index in [0.717, 1.165) is 49.9 Å². The highest BCUT2D eigenvalue weighted by Crippen LogP contribution is 2.27. The average molecular weight is 277 g/mol. The lowest BCUT2D eigenvalue weighted by Gasteiger charge is -2.36. The topological polar surface area (TPSA) is 58.3 Å². The number of rotatable bonds is 2. The van der Waals surface area contributed by atoms with E-state index in [2.05, 4.69) is 42.5 Å². The number of piperazine rings is 1. The summed E-state index contributed by atoms with van der Waals surface area (Å²) in [5.74, 6) is 2.45. The van der Waals surface area contributed by atoms with Crippen molar-refractivity contribution in [1.82, 2.24) is 14.9 Å². The first-order chi connectivity index (χ1) is 9.32. The number of hydrogen-bond acceptors (Lipinski definition) is 5. The van der Waals surface area contributed by atoms with Crippen LogP contribution in [0.2, 0.25) is 0 Å². The first kappa shape index (κ1) is 15.0. The number of hydrogen-bond donors (Lipinski definition) is 1. The van der Waals surface area contributed by atoms with Gasteiger partial charge < -0.3 is 15.5 Å². The second-order valence-electron chi connectivity index (χ2n) is 6.55. The Labute approximate surface area is 122 Å². The highest BCUT2D eigenvalue weighted by Gasteiger charge is 2.24. The van der Waals surface area contributed by atoms with Crippen molar-refractivity contribution in [1.29, 1.82) is 0 Å². The first-order valence-electron chi connectivity index (χ1n) is 7.44. The van der Waals surface area contributed by atoms with Crippen LogP contribution >= 0.6 is 0 Å². The molecule has 0 atom stereocenters. The summed E-state index contributed by atoms with van der Waals surface area (Å²) in [6, 6.07) is 0. The minimum absolute atomic E-state index is 0.0815. The number of aromatic nitrogens is 2. The standard InChI is InChI=1S/C15H27N5/c1-6-19-7-9-20(10-8-19)13-11(2)12(16)17-14(18-13)15(3,4)5/h6-10H2,1-5H3,(H2,16,17,18). The molecule has 0 aromatic carbocycles. The Bertz CT molecular complexity index is 470. The number of nitrogens with zero attached hydrogens (tertiary/aromatic N) is 4. The molecule has 0 radical (unpaired) electrons. The molecule has 2 heterocycles. The highest BCUT2D eigenvalue weighted by molar-refractivity contribution is 5.57. The largest absolute Gasteiger partial charge is 0.383 e. The van der Waals surface area contributed by atoms with Crippen LogP contribution in [0.1, 0.15) is 39.1 Å². The van der Waals surface area contributed by atoms with Gasteiger partial charge in [-0.25, -0.2) is 9.97 Å². The van der Waals surface area contributed by atoms with E-state index in [1.165, 1.54) is 0 Å². The average Bonchev–Trinajstić information content (AvgIpc) is 2.40. The lowest BCUT2D eigenvalue weighted by Crippen LogP contribution is -2.47. The minimum Gasteiger partial charge on any atom is -0.383 e. The van der Waals surface area contributed by atoms with Crippen molar-refractivity contribution in [2.45, 2.75) is 40.0 Å². The number of nitrogen functional groups attached to an aromatic ring is 1. The Kier molecular flexibility index (Phi) is 4.18. The fourth-order valence-corrected chi connectivity index (χ4v) is 2.44. The van der Waals surface area contributed by atoms with Crippen LogP contribution in [-0.4, -0.2) is 47.6 Å². The van der Waals surface area contributed by atoms with Crippen molar-refractivity contribution in [3.05, 3.63) is 11.4 Å². The second-order valence-corrected chi connectivity index (χ2v) is 6.55. The van der Waals surface area contributed by atoms with Gasteiger partial charge in [0.05, 0.1) is 0 Å². The van der Waals surface area contributed by atoms with Crippen LogP contribution < -0.4 is 10.6 Å². The van der Waals surface area contributed by atoms with Gasteiger partial charge in [0.25, 0.3) is 0 Å².